The molecule has 2 amide bonds. The maximum atomic E-state index is 12.0. The molecule has 0 radical (unpaired) electrons. The van der Waals surface area contributed by atoms with Crippen molar-refractivity contribution >= 4 is 22.7 Å². The van der Waals surface area contributed by atoms with Crippen LogP contribution in [0.25, 0.3) is 10.9 Å². The monoisotopic (exact) mass is 393 g/mol. The maximum Gasteiger partial charge on any atom is 0.251 e. The summed E-state index contributed by atoms with van der Waals surface area (Å²) in [5.74, 6) is -0.163. The molecule has 1 heterocycles. The lowest BCUT2D eigenvalue weighted by atomic mass is 10.1. The molecule has 0 aliphatic carbocycles. The molecule has 150 valence electrons. The molecule has 3 N–H and O–H groups in total. The maximum absolute atomic E-state index is 12.0. The summed E-state index contributed by atoms with van der Waals surface area (Å²) in [5.41, 5.74) is 5.14. The Hall–Kier alpha value is -3.45. The number of carbonyl (C=O) groups excluding carboxylic acids is 2. The average Bonchev–Trinajstić information content (AvgIpc) is 2.73. The second-order valence-electron chi connectivity index (χ2n) is 6.60. The summed E-state index contributed by atoms with van der Waals surface area (Å²) in [6.45, 7) is 2.63. The molecule has 1 aromatic heterocycles. The van der Waals surface area contributed by atoms with E-state index in [2.05, 4.69) is 22.4 Å². The van der Waals surface area contributed by atoms with Crippen molar-refractivity contribution in [2.75, 3.05) is 13.2 Å². The Labute approximate surface area is 168 Å². The van der Waals surface area contributed by atoms with Crippen LogP contribution in [0.1, 0.15) is 28.0 Å². The number of nitrogens with zero attached hydrogens (tertiary/aromatic N) is 1. The molecule has 2 aromatic carbocycles. The first-order valence-corrected chi connectivity index (χ1v) is 9.36. The van der Waals surface area contributed by atoms with Gasteiger partial charge in [-0.2, -0.15) is 0 Å². The Balaban J connectivity index is 1.53. The molecule has 7 heteroatoms. The number of carbonyl (C=O) groups is 2. The van der Waals surface area contributed by atoms with E-state index in [4.69, 9.17) is 9.94 Å². The van der Waals surface area contributed by atoms with E-state index in [1.54, 1.807) is 24.3 Å². The van der Waals surface area contributed by atoms with Gasteiger partial charge in [0.25, 0.3) is 5.91 Å². The van der Waals surface area contributed by atoms with Crippen LogP contribution in [-0.2, 0) is 11.2 Å². The Bertz CT molecular complexity index is 1000. The zero-order chi connectivity index (χ0) is 20.6. The first-order chi connectivity index (χ1) is 14.1. The van der Waals surface area contributed by atoms with Gasteiger partial charge in [0, 0.05) is 36.0 Å². The smallest absolute Gasteiger partial charge is 0.251 e. The van der Waals surface area contributed by atoms with E-state index < -0.39 is 5.91 Å². The van der Waals surface area contributed by atoms with E-state index in [0.717, 1.165) is 23.0 Å². The van der Waals surface area contributed by atoms with Crippen LogP contribution in [0.4, 0.5) is 0 Å². The quantitative estimate of drug-likeness (QED) is 0.404. The summed E-state index contributed by atoms with van der Waals surface area (Å²) in [6.07, 6.45) is 0.756. The summed E-state index contributed by atoms with van der Waals surface area (Å²) >= 11 is 0. The number of pyridine rings is 1. The zero-order valence-corrected chi connectivity index (χ0v) is 16.1. The summed E-state index contributed by atoms with van der Waals surface area (Å²) in [4.78, 5) is 27.5. The zero-order valence-electron chi connectivity index (χ0n) is 16.1. The number of amides is 2. The van der Waals surface area contributed by atoms with Gasteiger partial charge in [-0.25, -0.2) is 5.48 Å². The van der Waals surface area contributed by atoms with Crippen molar-refractivity contribution in [2.45, 2.75) is 19.8 Å². The second kappa shape index (κ2) is 9.66. The van der Waals surface area contributed by atoms with Gasteiger partial charge in [-0.05, 0) is 48.9 Å². The molecule has 3 aromatic rings. The van der Waals surface area contributed by atoms with Gasteiger partial charge in [0.05, 0.1) is 12.1 Å². The van der Waals surface area contributed by atoms with Gasteiger partial charge >= 0.3 is 0 Å². The number of hydrogen-bond acceptors (Lipinski definition) is 5. The van der Waals surface area contributed by atoms with E-state index in [0.29, 0.717) is 17.9 Å². The number of aromatic nitrogens is 1. The van der Waals surface area contributed by atoms with Gasteiger partial charge in [-0.15, -0.1) is 0 Å². The number of hydroxylamine groups is 1. The topological polar surface area (TPSA) is 101 Å². The third-order valence-electron chi connectivity index (χ3n) is 4.45. The van der Waals surface area contributed by atoms with E-state index in [9.17, 15) is 9.59 Å². The van der Waals surface area contributed by atoms with Crippen LogP contribution < -0.4 is 15.5 Å². The molecule has 0 spiro atoms. The third-order valence-corrected chi connectivity index (χ3v) is 4.45. The van der Waals surface area contributed by atoms with Crippen molar-refractivity contribution in [3.63, 3.8) is 0 Å². The highest BCUT2D eigenvalue weighted by atomic mass is 16.5. The molecule has 3 rings (SSSR count). The molecule has 0 unspecified atom stereocenters. The molecule has 0 aliphatic heterocycles. The van der Waals surface area contributed by atoms with Crippen LogP contribution in [0, 0.1) is 6.92 Å². The van der Waals surface area contributed by atoms with Gasteiger partial charge in [-0.3, -0.25) is 19.8 Å². The average molecular weight is 393 g/mol. The number of nitrogens with one attached hydrogen (secondary N) is 2. The normalized spacial score (nSPS) is 10.6. The first kappa shape index (κ1) is 20.3. The van der Waals surface area contributed by atoms with Crippen LogP contribution in [0.5, 0.6) is 5.75 Å². The van der Waals surface area contributed by atoms with Crippen molar-refractivity contribution in [2.24, 2.45) is 0 Å². The fourth-order valence-corrected chi connectivity index (χ4v) is 3.03. The van der Waals surface area contributed by atoms with Gasteiger partial charge in [-0.1, -0.05) is 18.2 Å². The summed E-state index contributed by atoms with van der Waals surface area (Å²) in [5, 5.41) is 12.2. The number of benzene rings is 2. The number of para-hydroxylation sites is 1. The largest absolute Gasteiger partial charge is 0.493 e. The number of aryl methyl sites for hydroxylation is 1. The molecule has 0 bridgehead atoms. The number of fused-ring (bicyclic) bond motifs is 1. The Kier molecular flexibility index (Phi) is 6.76. The first-order valence-electron chi connectivity index (χ1n) is 9.36. The van der Waals surface area contributed by atoms with Gasteiger partial charge in [0.1, 0.15) is 5.75 Å². The van der Waals surface area contributed by atoms with Crippen molar-refractivity contribution in [3.8, 4) is 5.75 Å². The Morgan fingerprint density at radius 1 is 1.10 bits per heavy atom. The molecule has 0 saturated heterocycles. The molecule has 0 fully saturated rings. The van der Waals surface area contributed by atoms with Crippen LogP contribution in [-0.4, -0.2) is 35.2 Å². The molecular formula is C22H23N3O4. The Morgan fingerprint density at radius 2 is 1.86 bits per heavy atom. The molecule has 29 heavy (non-hydrogen) atoms. The minimum Gasteiger partial charge on any atom is -0.493 e. The van der Waals surface area contributed by atoms with Crippen LogP contribution >= 0.6 is 0 Å². The van der Waals surface area contributed by atoms with Crippen molar-refractivity contribution < 1.29 is 19.5 Å². The van der Waals surface area contributed by atoms with E-state index in [-0.39, 0.29) is 18.9 Å². The SMILES string of the molecule is Cc1cc(CCOc2ccc(C(=O)NCCC(=O)NO)cc2)c2ccccc2n1. The standard InChI is InChI=1S/C22H23N3O4/c1-15-14-17(19-4-2-3-5-20(19)24-15)11-13-29-18-8-6-16(7-9-18)22(27)23-12-10-21(26)25-28/h2-9,14,28H,10-13H2,1H3,(H,23,27)(H,25,26). The Morgan fingerprint density at radius 3 is 2.62 bits per heavy atom. The van der Waals surface area contributed by atoms with E-state index in [1.165, 1.54) is 11.0 Å². The third kappa shape index (κ3) is 5.52. The van der Waals surface area contributed by atoms with E-state index >= 15 is 0 Å². The van der Waals surface area contributed by atoms with Gasteiger partial charge in [0.15, 0.2) is 0 Å². The minimum atomic E-state index is -0.550. The summed E-state index contributed by atoms with van der Waals surface area (Å²) in [6, 6.07) is 17.0. The van der Waals surface area contributed by atoms with Crippen molar-refractivity contribution in [3.05, 3.63) is 71.4 Å². The highest BCUT2D eigenvalue weighted by Gasteiger charge is 2.07. The fraction of sp³-hybridized carbons (Fsp3) is 0.227. The molecule has 0 atom stereocenters. The molecule has 0 saturated carbocycles. The van der Waals surface area contributed by atoms with Gasteiger partial charge < -0.3 is 10.1 Å². The molecule has 0 aliphatic rings. The summed E-state index contributed by atoms with van der Waals surface area (Å²) < 4.78 is 5.83. The fourth-order valence-electron chi connectivity index (χ4n) is 3.03. The lowest BCUT2D eigenvalue weighted by molar-refractivity contribution is -0.129. The van der Waals surface area contributed by atoms with Crippen molar-refractivity contribution in [1.29, 1.82) is 0 Å². The predicted molar refractivity (Wildman–Crippen MR) is 109 cm³/mol. The lowest BCUT2D eigenvalue weighted by Crippen LogP contribution is -2.29. The van der Waals surface area contributed by atoms with Gasteiger partial charge in [0.2, 0.25) is 5.91 Å². The second-order valence-corrected chi connectivity index (χ2v) is 6.60. The molecular weight excluding hydrogens is 370 g/mol. The van der Waals surface area contributed by atoms with Crippen LogP contribution in [0.2, 0.25) is 0 Å². The predicted octanol–water partition coefficient (Wildman–Crippen LogP) is 2.79. The minimum absolute atomic E-state index is 0.00654. The number of hydrogen-bond donors (Lipinski definition) is 3. The van der Waals surface area contributed by atoms with E-state index in [1.807, 2.05) is 25.1 Å². The highest BCUT2D eigenvalue weighted by Crippen LogP contribution is 2.19. The summed E-state index contributed by atoms with van der Waals surface area (Å²) in [7, 11) is 0. The molecule has 7 nitrogen and oxygen atoms in total. The highest BCUT2D eigenvalue weighted by molar-refractivity contribution is 5.94. The number of rotatable bonds is 8. The lowest BCUT2D eigenvalue weighted by Gasteiger charge is -2.10. The van der Waals surface area contributed by atoms with Crippen LogP contribution in [0.15, 0.2) is 54.6 Å². The number of ether oxygens (including phenoxy) is 1. The van der Waals surface area contributed by atoms with Crippen LogP contribution in [0.3, 0.4) is 0 Å². The van der Waals surface area contributed by atoms with Crippen molar-refractivity contribution in [1.82, 2.24) is 15.8 Å².